The molecule has 1 N–H and O–H groups in total. The molecule has 2 atom stereocenters. The Labute approximate surface area is 88.5 Å². The second kappa shape index (κ2) is 3.83. The maximum Gasteiger partial charge on any atom is 0.0876 e. The van der Waals surface area contributed by atoms with Crippen molar-refractivity contribution in [1.82, 2.24) is 4.37 Å². The summed E-state index contributed by atoms with van der Waals surface area (Å²) in [6.07, 6.45) is 8.51. The lowest BCUT2D eigenvalue weighted by molar-refractivity contribution is 0.0708. The smallest absolute Gasteiger partial charge is 0.0876 e. The van der Waals surface area contributed by atoms with Crippen molar-refractivity contribution in [3.8, 4) is 0 Å². The van der Waals surface area contributed by atoms with Gasteiger partial charge in [-0.25, -0.2) is 4.37 Å². The van der Waals surface area contributed by atoms with E-state index in [1.807, 2.05) is 12.1 Å². The first-order chi connectivity index (χ1) is 6.68. The van der Waals surface area contributed by atoms with Crippen molar-refractivity contribution < 1.29 is 5.11 Å². The summed E-state index contributed by atoms with van der Waals surface area (Å²) in [5, 5.41) is 10.3. The van der Waals surface area contributed by atoms with Crippen LogP contribution in [-0.2, 0) is 6.42 Å². The molecule has 1 aromatic heterocycles. The summed E-state index contributed by atoms with van der Waals surface area (Å²) in [5.74, 6) is 0.608. The normalized spacial score (nSPS) is 32.0. The minimum atomic E-state index is -0.626. The Bertz CT molecular complexity index is 320. The molecule has 2 rings (SSSR count). The van der Waals surface area contributed by atoms with E-state index in [1.54, 1.807) is 6.20 Å². The van der Waals surface area contributed by atoms with Crippen molar-refractivity contribution in [2.24, 2.45) is 5.92 Å². The van der Waals surface area contributed by atoms with Gasteiger partial charge in [0.1, 0.15) is 0 Å². The van der Waals surface area contributed by atoms with Crippen molar-refractivity contribution in [2.45, 2.75) is 31.8 Å². The standard InChI is InChI=1S/C11H15NOS/c1-9-2-5-11(13,6-3-9)8-10-4-7-12-14-10/h2,4-5,7,9,13H,3,6,8H2,1H3. The van der Waals surface area contributed by atoms with E-state index in [9.17, 15) is 5.11 Å². The van der Waals surface area contributed by atoms with Crippen LogP contribution in [0.5, 0.6) is 0 Å². The van der Waals surface area contributed by atoms with Gasteiger partial charge >= 0.3 is 0 Å². The van der Waals surface area contributed by atoms with Crippen molar-refractivity contribution in [1.29, 1.82) is 0 Å². The summed E-state index contributed by atoms with van der Waals surface area (Å²) in [4.78, 5) is 1.16. The first-order valence-corrected chi connectivity index (χ1v) is 5.77. The molecule has 1 aliphatic rings. The lowest BCUT2D eigenvalue weighted by atomic mass is 9.83. The molecular weight excluding hydrogens is 194 g/mol. The molecule has 0 radical (unpaired) electrons. The summed E-state index contributed by atoms with van der Waals surface area (Å²) >= 11 is 1.47. The Balaban J connectivity index is 2.07. The fourth-order valence-corrected chi connectivity index (χ4v) is 2.48. The maximum absolute atomic E-state index is 10.3. The monoisotopic (exact) mass is 209 g/mol. The fourth-order valence-electron chi connectivity index (χ4n) is 1.78. The molecule has 76 valence electrons. The lowest BCUT2D eigenvalue weighted by Gasteiger charge is -2.29. The summed E-state index contributed by atoms with van der Waals surface area (Å²) in [5.41, 5.74) is -0.626. The van der Waals surface area contributed by atoms with Crippen LogP contribution in [0.15, 0.2) is 24.4 Å². The Kier molecular flexibility index (Phi) is 2.70. The topological polar surface area (TPSA) is 33.1 Å². The van der Waals surface area contributed by atoms with Crippen LogP contribution in [0.2, 0.25) is 0 Å². The number of nitrogens with zero attached hydrogens (tertiary/aromatic N) is 1. The van der Waals surface area contributed by atoms with Gasteiger partial charge in [0.05, 0.1) is 5.60 Å². The van der Waals surface area contributed by atoms with Crippen molar-refractivity contribution in [3.63, 3.8) is 0 Å². The summed E-state index contributed by atoms with van der Waals surface area (Å²) in [7, 11) is 0. The fraction of sp³-hybridized carbons (Fsp3) is 0.545. The van der Waals surface area contributed by atoms with Gasteiger partial charge in [-0.3, -0.25) is 0 Å². The van der Waals surface area contributed by atoms with E-state index in [4.69, 9.17) is 0 Å². The molecule has 1 aliphatic carbocycles. The van der Waals surface area contributed by atoms with Crippen LogP contribution in [0, 0.1) is 5.92 Å². The predicted octanol–water partition coefficient (Wildman–Crippen LogP) is 2.40. The second-order valence-corrected chi connectivity index (χ2v) is 5.05. The predicted molar refractivity (Wildman–Crippen MR) is 58.3 cm³/mol. The van der Waals surface area contributed by atoms with Gasteiger partial charge in [0, 0.05) is 17.5 Å². The number of hydrogen-bond donors (Lipinski definition) is 1. The minimum absolute atomic E-state index is 0.608. The van der Waals surface area contributed by atoms with Gasteiger partial charge in [-0.05, 0) is 36.4 Å². The number of rotatable bonds is 2. The highest BCUT2D eigenvalue weighted by Crippen LogP contribution is 2.29. The van der Waals surface area contributed by atoms with E-state index < -0.39 is 5.60 Å². The molecule has 0 saturated carbocycles. The van der Waals surface area contributed by atoms with Gasteiger partial charge in [0.15, 0.2) is 0 Å². The van der Waals surface area contributed by atoms with Crippen LogP contribution in [0.4, 0.5) is 0 Å². The number of aliphatic hydroxyl groups is 1. The summed E-state index contributed by atoms with van der Waals surface area (Å²) in [6, 6.07) is 1.98. The molecule has 0 spiro atoms. The molecule has 2 unspecified atom stereocenters. The van der Waals surface area contributed by atoms with Crippen LogP contribution < -0.4 is 0 Å². The van der Waals surface area contributed by atoms with Gasteiger partial charge in [-0.2, -0.15) is 0 Å². The summed E-state index contributed by atoms with van der Waals surface area (Å²) < 4.78 is 4.04. The highest BCUT2D eigenvalue weighted by molar-refractivity contribution is 7.05. The summed E-state index contributed by atoms with van der Waals surface area (Å²) in [6.45, 7) is 2.18. The van der Waals surface area contributed by atoms with Crippen molar-refractivity contribution >= 4 is 11.5 Å². The number of hydrogen-bond acceptors (Lipinski definition) is 3. The Hall–Kier alpha value is -0.670. The van der Waals surface area contributed by atoms with E-state index in [0.29, 0.717) is 12.3 Å². The zero-order chi connectivity index (χ0) is 10.0. The third kappa shape index (κ3) is 2.22. The average molecular weight is 209 g/mol. The molecule has 1 heterocycles. The molecule has 0 fully saturated rings. The molecule has 1 aromatic rings. The maximum atomic E-state index is 10.3. The highest BCUT2D eigenvalue weighted by atomic mass is 32.1. The van der Waals surface area contributed by atoms with Gasteiger partial charge in [0.2, 0.25) is 0 Å². The largest absolute Gasteiger partial charge is 0.385 e. The third-order valence-corrected chi connectivity index (χ3v) is 3.48. The van der Waals surface area contributed by atoms with Crippen LogP contribution in [-0.4, -0.2) is 15.1 Å². The molecule has 0 amide bonds. The van der Waals surface area contributed by atoms with Crippen LogP contribution in [0.3, 0.4) is 0 Å². The first kappa shape index (κ1) is 9.87. The zero-order valence-electron chi connectivity index (χ0n) is 8.31. The highest BCUT2D eigenvalue weighted by Gasteiger charge is 2.27. The van der Waals surface area contributed by atoms with E-state index in [2.05, 4.69) is 17.4 Å². The van der Waals surface area contributed by atoms with Crippen LogP contribution >= 0.6 is 11.5 Å². The van der Waals surface area contributed by atoms with E-state index in [0.717, 1.165) is 17.7 Å². The van der Waals surface area contributed by atoms with E-state index >= 15 is 0 Å². The second-order valence-electron chi connectivity index (χ2n) is 4.13. The molecule has 0 bridgehead atoms. The molecule has 0 aromatic carbocycles. The molecular formula is C11H15NOS. The molecule has 3 heteroatoms. The van der Waals surface area contributed by atoms with Crippen LogP contribution in [0.25, 0.3) is 0 Å². The van der Waals surface area contributed by atoms with Crippen molar-refractivity contribution in [3.05, 3.63) is 29.3 Å². The van der Waals surface area contributed by atoms with E-state index in [-0.39, 0.29) is 0 Å². The molecule has 14 heavy (non-hydrogen) atoms. The number of aromatic nitrogens is 1. The van der Waals surface area contributed by atoms with Crippen LogP contribution in [0.1, 0.15) is 24.6 Å². The average Bonchev–Trinajstić information content (AvgIpc) is 2.63. The van der Waals surface area contributed by atoms with Gasteiger partial charge in [-0.15, -0.1) is 0 Å². The molecule has 0 aliphatic heterocycles. The van der Waals surface area contributed by atoms with Gasteiger partial charge < -0.3 is 5.11 Å². The quantitative estimate of drug-likeness (QED) is 0.759. The Morgan fingerprint density at radius 1 is 1.71 bits per heavy atom. The lowest BCUT2D eigenvalue weighted by Crippen LogP contribution is -2.31. The molecule has 0 saturated heterocycles. The molecule has 2 nitrogen and oxygen atoms in total. The Morgan fingerprint density at radius 3 is 3.14 bits per heavy atom. The van der Waals surface area contributed by atoms with Gasteiger partial charge in [0.25, 0.3) is 0 Å². The Morgan fingerprint density at radius 2 is 2.57 bits per heavy atom. The minimum Gasteiger partial charge on any atom is -0.385 e. The zero-order valence-corrected chi connectivity index (χ0v) is 9.13. The van der Waals surface area contributed by atoms with Gasteiger partial charge in [-0.1, -0.05) is 19.1 Å². The van der Waals surface area contributed by atoms with E-state index in [1.165, 1.54) is 11.5 Å². The SMILES string of the molecule is CC1C=CC(O)(Cc2ccns2)CC1. The van der Waals surface area contributed by atoms with Crippen molar-refractivity contribution in [2.75, 3.05) is 0 Å². The number of allylic oxidation sites excluding steroid dienone is 1. The first-order valence-electron chi connectivity index (χ1n) is 4.99. The third-order valence-electron chi connectivity index (χ3n) is 2.74.